The minimum atomic E-state index is -0.317. The van der Waals surface area contributed by atoms with Crippen LogP contribution in [0.15, 0.2) is 40.8 Å². The second kappa shape index (κ2) is 6.45. The molecule has 24 heavy (non-hydrogen) atoms. The summed E-state index contributed by atoms with van der Waals surface area (Å²) < 4.78 is 5.61. The number of carbonyl (C=O) groups excluding carboxylic acids is 1. The maximum Gasteiger partial charge on any atom is 0.287 e. The van der Waals surface area contributed by atoms with Gasteiger partial charge in [0.15, 0.2) is 22.8 Å². The fraction of sp³-hybridized carbons (Fsp3) is 0.167. The molecule has 3 rings (SSSR count). The largest absolute Gasteiger partial charge is 0.504 e. The maximum atomic E-state index is 12.3. The molecule has 0 spiro atoms. The van der Waals surface area contributed by atoms with Crippen LogP contribution < -0.4 is 5.32 Å². The van der Waals surface area contributed by atoms with Crippen LogP contribution in [0.2, 0.25) is 5.02 Å². The fourth-order valence-electron chi connectivity index (χ4n) is 2.55. The summed E-state index contributed by atoms with van der Waals surface area (Å²) in [4.78, 5) is 12.3. The summed E-state index contributed by atoms with van der Waals surface area (Å²) in [5, 5.41) is 22.8. The van der Waals surface area contributed by atoms with E-state index in [0.717, 1.165) is 16.5 Å². The first-order valence-corrected chi connectivity index (χ1v) is 7.82. The van der Waals surface area contributed by atoms with E-state index < -0.39 is 0 Å². The van der Waals surface area contributed by atoms with Crippen molar-refractivity contribution in [3.8, 4) is 11.5 Å². The molecule has 0 fully saturated rings. The van der Waals surface area contributed by atoms with Crippen LogP contribution in [0.1, 0.15) is 21.7 Å². The molecule has 1 heterocycles. The first-order valence-electron chi connectivity index (χ1n) is 7.44. The standard InChI is InChI=1S/C18H16ClNO4/c1-10-12-3-2-4-13(19)17(12)24-16(10)18(23)20-8-7-11-5-6-14(21)15(22)9-11/h2-6,9,21-22H,7-8H2,1H3,(H,20,23). The van der Waals surface area contributed by atoms with Gasteiger partial charge >= 0.3 is 0 Å². The molecule has 0 saturated carbocycles. The van der Waals surface area contributed by atoms with Gasteiger partial charge in [-0.25, -0.2) is 0 Å². The lowest BCUT2D eigenvalue weighted by molar-refractivity contribution is 0.0928. The molecule has 5 nitrogen and oxygen atoms in total. The number of carbonyl (C=O) groups is 1. The Balaban J connectivity index is 1.70. The van der Waals surface area contributed by atoms with E-state index in [9.17, 15) is 15.0 Å². The van der Waals surface area contributed by atoms with Crippen LogP contribution in [0.25, 0.3) is 11.0 Å². The van der Waals surface area contributed by atoms with Crippen molar-refractivity contribution in [2.45, 2.75) is 13.3 Å². The Hall–Kier alpha value is -2.66. The van der Waals surface area contributed by atoms with Crippen LogP contribution in [-0.4, -0.2) is 22.7 Å². The molecule has 6 heteroatoms. The predicted molar refractivity (Wildman–Crippen MR) is 91.8 cm³/mol. The summed E-state index contributed by atoms with van der Waals surface area (Å²) in [6.07, 6.45) is 0.514. The summed E-state index contributed by atoms with van der Waals surface area (Å²) in [6, 6.07) is 9.95. The van der Waals surface area contributed by atoms with Gasteiger partial charge in [-0.3, -0.25) is 4.79 Å². The third-order valence-corrected chi connectivity index (χ3v) is 4.16. The van der Waals surface area contributed by atoms with E-state index >= 15 is 0 Å². The number of rotatable bonds is 4. The second-order valence-corrected chi connectivity index (χ2v) is 5.91. The van der Waals surface area contributed by atoms with E-state index in [1.807, 2.05) is 19.1 Å². The molecule has 1 aromatic heterocycles. The van der Waals surface area contributed by atoms with Crippen LogP contribution in [0.4, 0.5) is 0 Å². The number of hydrogen-bond donors (Lipinski definition) is 3. The van der Waals surface area contributed by atoms with Gasteiger partial charge in [0.05, 0.1) is 5.02 Å². The van der Waals surface area contributed by atoms with Crippen LogP contribution in [0, 0.1) is 6.92 Å². The quantitative estimate of drug-likeness (QED) is 0.628. The third kappa shape index (κ3) is 3.03. The van der Waals surface area contributed by atoms with Crippen molar-refractivity contribution < 1.29 is 19.4 Å². The minimum absolute atomic E-state index is 0.169. The molecule has 2 aromatic carbocycles. The van der Waals surface area contributed by atoms with Gasteiger partial charge in [0.1, 0.15) is 0 Å². The number of aromatic hydroxyl groups is 2. The Kier molecular flexibility index (Phi) is 4.36. The van der Waals surface area contributed by atoms with Crippen molar-refractivity contribution >= 4 is 28.5 Å². The molecule has 3 aromatic rings. The van der Waals surface area contributed by atoms with Crippen molar-refractivity contribution in [1.82, 2.24) is 5.32 Å². The lowest BCUT2D eigenvalue weighted by Gasteiger charge is -2.05. The van der Waals surface area contributed by atoms with E-state index in [0.29, 0.717) is 23.6 Å². The smallest absolute Gasteiger partial charge is 0.287 e. The van der Waals surface area contributed by atoms with E-state index in [1.54, 1.807) is 12.1 Å². The molecule has 0 atom stereocenters. The average molecular weight is 346 g/mol. The second-order valence-electron chi connectivity index (χ2n) is 5.50. The summed E-state index contributed by atoms with van der Waals surface area (Å²) >= 11 is 6.09. The topological polar surface area (TPSA) is 82.7 Å². The monoisotopic (exact) mass is 345 g/mol. The number of aryl methyl sites for hydroxylation is 1. The molecular formula is C18H16ClNO4. The number of nitrogens with one attached hydrogen (secondary N) is 1. The highest BCUT2D eigenvalue weighted by atomic mass is 35.5. The minimum Gasteiger partial charge on any atom is -0.504 e. The number of phenols is 2. The van der Waals surface area contributed by atoms with Crippen molar-refractivity contribution in [3.63, 3.8) is 0 Å². The molecule has 0 bridgehead atoms. The lowest BCUT2D eigenvalue weighted by Crippen LogP contribution is -2.25. The first kappa shape index (κ1) is 16.2. The van der Waals surface area contributed by atoms with Crippen LogP contribution >= 0.6 is 11.6 Å². The highest BCUT2D eigenvalue weighted by Gasteiger charge is 2.18. The number of furan rings is 1. The lowest BCUT2D eigenvalue weighted by atomic mass is 10.1. The number of phenolic OH excluding ortho intramolecular Hbond substituents is 2. The number of para-hydroxylation sites is 1. The summed E-state index contributed by atoms with van der Waals surface area (Å²) in [7, 11) is 0. The molecule has 0 aliphatic carbocycles. The number of fused-ring (bicyclic) bond motifs is 1. The zero-order chi connectivity index (χ0) is 17.3. The van der Waals surface area contributed by atoms with Gasteiger partial charge in [0, 0.05) is 17.5 Å². The molecule has 0 unspecified atom stereocenters. The van der Waals surface area contributed by atoms with Gasteiger partial charge in [0.2, 0.25) is 0 Å². The van der Waals surface area contributed by atoms with Crippen LogP contribution in [0.3, 0.4) is 0 Å². The molecule has 124 valence electrons. The van der Waals surface area contributed by atoms with Crippen LogP contribution in [-0.2, 0) is 6.42 Å². The third-order valence-electron chi connectivity index (χ3n) is 3.86. The molecular weight excluding hydrogens is 330 g/mol. The summed E-state index contributed by atoms with van der Waals surface area (Å²) in [5.41, 5.74) is 2.05. The van der Waals surface area contributed by atoms with E-state index in [4.69, 9.17) is 16.0 Å². The molecule has 0 radical (unpaired) electrons. The Labute approximate surface area is 143 Å². The number of halogens is 1. The van der Waals surface area contributed by atoms with Crippen LogP contribution in [0.5, 0.6) is 11.5 Å². The molecule has 3 N–H and O–H groups in total. The fourth-order valence-corrected chi connectivity index (χ4v) is 2.76. The van der Waals surface area contributed by atoms with Gasteiger partial charge in [-0.15, -0.1) is 0 Å². The molecule has 1 amide bonds. The average Bonchev–Trinajstić information content (AvgIpc) is 2.89. The number of amides is 1. The van der Waals surface area contributed by atoms with Gasteiger partial charge in [-0.1, -0.05) is 29.8 Å². The zero-order valence-electron chi connectivity index (χ0n) is 13.0. The number of benzene rings is 2. The van der Waals surface area contributed by atoms with Crippen molar-refractivity contribution in [1.29, 1.82) is 0 Å². The summed E-state index contributed by atoms with van der Waals surface area (Å²) in [5.74, 6) is -0.423. The van der Waals surface area contributed by atoms with E-state index in [-0.39, 0.29) is 23.2 Å². The Morgan fingerprint density at radius 3 is 2.71 bits per heavy atom. The van der Waals surface area contributed by atoms with Crippen molar-refractivity contribution in [2.75, 3.05) is 6.54 Å². The van der Waals surface area contributed by atoms with Crippen molar-refractivity contribution in [3.05, 3.63) is 58.3 Å². The van der Waals surface area contributed by atoms with Gasteiger partial charge in [0.25, 0.3) is 5.91 Å². The molecule has 0 aliphatic heterocycles. The Morgan fingerprint density at radius 1 is 1.21 bits per heavy atom. The molecule has 0 saturated heterocycles. The summed E-state index contributed by atoms with van der Waals surface area (Å²) in [6.45, 7) is 2.18. The van der Waals surface area contributed by atoms with Gasteiger partial charge in [-0.05, 0) is 37.1 Å². The predicted octanol–water partition coefficient (Wildman–Crippen LogP) is 3.78. The molecule has 0 aliphatic rings. The zero-order valence-corrected chi connectivity index (χ0v) is 13.7. The van der Waals surface area contributed by atoms with E-state index in [2.05, 4.69) is 5.32 Å². The first-order chi connectivity index (χ1) is 11.5. The van der Waals surface area contributed by atoms with Crippen molar-refractivity contribution in [2.24, 2.45) is 0 Å². The maximum absolute atomic E-state index is 12.3. The van der Waals surface area contributed by atoms with Gasteiger partial charge in [-0.2, -0.15) is 0 Å². The highest BCUT2D eigenvalue weighted by molar-refractivity contribution is 6.35. The Bertz CT molecular complexity index is 917. The number of hydrogen-bond acceptors (Lipinski definition) is 4. The SMILES string of the molecule is Cc1c(C(=O)NCCc2ccc(O)c(O)c2)oc2c(Cl)cccc12. The van der Waals surface area contributed by atoms with E-state index in [1.165, 1.54) is 12.1 Å². The van der Waals surface area contributed by atoms with Gasteiger partial charge < -0.3 is 19.9 Å². The highest BCUT2D eigenvalue weighted by Crippen LogP contribution is 2.30. The normalized spacial score (nSPS) is 10.9. The Morgan fingerprint density at radius 2 is 2.00 bits per heavy atom.